The molecule has 0 atom stereocenters. The van der Waals surface area contributed by atoms with Gasteiger partial charge in [0.1, 0.15) is 11.2 Å². The number of benzene rings is 1. The van der Waals surface area contributed by atoms with E-state index in [4.69, 9.17) is 5.14 Å². The molecule has 0 radical (unpaired) electrons. The van der Waals surface area contributed by atoms with Gasteiger partial charge in [0.05, 0.1) is 4.90 Å². The molecule has 8 nitrogen and oxygen atoms in total. The summed E-state index contributed by atoms with van der Waals surface area (Å²) in [5.74, 6) is -0.459. The number of carbonyl (C=O) groups excluding carboxylic acids is 1. The van der Waals surface area contributed by atoms with E-state index in [1.807, 2.05) is 6.92 Å². The Morgan fingerprint density at radius 1 is 1.21 bits per heavy atom. The molecule has 0 spiro atoms. The largest absolute Gasteiger partial charge is 0.352 e. The summed E-state index contributed by atoms with van der Waals surface area (Å²) in [6.45, 7) is 2.52. The van der Waals surface area contributed by atoms with Gasteiger partial charge in [-0.1, -0.05) is 12.1 Å². The quantitative estimate of drug-likeness (QED) is 0.640. The van der Waals surface area contributed by atoms with Crippen LogP contribution < -0.4 is 16.0 Å². The SMILES string of the molecule is CCn1c(=O)c(C(=O)NCCc2ccc(S(N)(=O)=O)cc2)cc2cccnc21. The fourth-order valence-electron chi connectivity index (χ4n) is 2.92. The van der Waals surface area contributed by atoms with Crippen molar-refractivity contribution in [3.8, 4) is 0 Å². The molecule has 3 N–H and O–H groups in total. The van der Waals surface area contributed by atoms with E-state index in [0.717, 1.165) is 5.56 Å². The van der Waals surface area contributed by atoms with Crippen molar-refractivity contribution >= 4 is 27.0 Å². The van der Waals surface area contributed by atoms with Crippen molar-refractivity contribution in [2.75, 3.05) is 6.54 Å². The normalized spacial score (nSPS) is 11.5. The molecule has 0 saturated heterocycles. The summed E-state index contributed by atoms with van der Waals surface area (Å²) in [4.78, 5) is 29.4. The summed E-state index contributed by atoms with van der Waals surface area (Å²) in [6.07, 6.45) is 2.09. The van der Waals surface area contributed by atoms with E-state index in [0.29, 0.717) is 30.5 Å². The van der Waals surface area contributed by atoms with Crippen LogP contribution in [0.3, 0.4) is 0 Å². The molecule has 0 unspecified atom stereocenters. The number of hydrogen-bond acceptors (Lipinski definition) is 5. The van der Waals surface area contributed by atoms with E-state index in [9.17, 15) is 18.0 Å². The second-order valence-electron chi connectivity index (χ2n) is 6.22. The standard InChI is InChI=1S/C19H20N4O4S/c1-2-23-17-14(4-3-10-21-17)12-16(19(23)25)18(24)22-11-9-13-5-7-15(8-6-13)28(20,26)27/h3-8,10,12H,2,9,11H2,1H3,(H,22,24)(H2,20,26,27). The minimum absolute atomic E-state index is 0.0326. The van der Waals surface area contributed by atoms with E-state index >= 15 is 0 Å². The Morgan fingerprint density at radius 2 is 1.93 bits per heavy atom. The molecule has 0 bridgehead atoms. The zero-order valence-electron chi connectivity index (χ0n) is 15.3. The third kappa shape index (κ3) is 4.10. The Morgan fingerprint density at radius 3 is 2.57 bits per heavy atom. The summed E-state index contributed by atoms with van der Waals surface area (Å²) < 4.78 is 24.0. The molecule has 0 aliphatic carbocycles. The monoisotopic (exact) mass is 400 g/mol. The van der Waals surface area contributed by atoms with Crippen LogP contribution in [0.1, 0.15) is 22.8 Å². The van der Waals surface area contributed by atoms with E-state index in [2.05, 4.69) is 10.3 Å². The topological polar surface area (TPSA) is 124 Å². The highest BCUT2D eigenvalue weighted by Gasteiger charge is 2.15. The van der Waals surface area contributed by atoms with Gasteiger partial charge in [0, 0.05) is 24.7 Å². The average molecular weight is 400 g/mol. The van der Waals surface area contributed by atoms with Crippen molar-refractivity contribution in [3.05, 3.63) is 70.1 Å². The van der Waals surface area contributed by atoms with E-state index < -0.39 is 15.9 Å². The van der Waals surface area contributed by atoms with Crippen molar-refractivity contribution in [1.29, 1.82) is 0 Å². The predicted octanol–water partition coefficient (Wildman–Crippen LogP) is 1.04. The van der Waals surface area contributed by atoms with Gasteiger partial charge in [-0.2, -0.15) is 0 Å². The van der Waals surface area contributed by atoms with Gasteiger partial charge in [0.25, 0.3) is 11.5 Å². The molecule has 0 saturated carbocycles. The maximum Gasteiger partial charge on any atom is 0.265 e. The van der Waals surface area contributed by atoms with Gasteiger partial charge in [-0.3, -0.25) is 14.2 Å². The Balaban J connectivity index is 1.73. The molecule has 9 heteroatoms. The van der Waals surface area contributed by atoms with Gasteiger partial charge in [-0.15, -0.1) is 0 Å². The lowest BCUT2D eigenvalue weighted by atomic mass is 10.1. The number of fused-ring (bicyclic) bond motifs is 1. The first-order chi connectivity index (χ1) is 13.3. The number of pyridine rings is 2. The fraction of sp³-hybridized carbons (Fsp3) is 0.211. The average Bonchev–Trinajstić information content (AvgIpc) is 2.67. The molecule has 0 aliphatic heterocycles. The number of hydrogen-bond donors (Lipinski definition) is 2. The molecule has 2 heterocycles. The first kappa shape index (κ1) is 19.7. The number of carbonyl (C=O) groups is 1. The molecule has 2 aromatic heterocycles. The predicted molar refractivity (Wildman–Crippen MR) is 106 cm³/mol. The Bertz CT molecular complexity index is 1180. The second-order valence-corrected chi connectivity index (χ2v) is 7.78. The zero-order valence-corrected chi connectivity index (χ0v) is 16.1. The number of rotatable bonds is 6. The highest BCUT2D eigenvalue weighted by Crippen LogP contribution is 2.11. The van der Waals surface area contributed by atoms with Crippen LogP contribution in [-0.4, -0.2) is 30.4 Å². The van der Waals surface area contributed by atoms with E-state index in [-0.39, 0.29) is 16.0 Å². The van der Waals surface area contributed by atoms with Crippen LogP contribution in [0.2, 0.25) is 0 Å². The molecule has 1 amide bonds. The molecule has 3 rings (SSSR count). The lowest BCUT2D eigenvalue weighted by Gasteiger charge is -2.10. The first-order valence-electron chi connectivity index (χ1n) is 8.69. The summed E-state index contributed by atoms with van der Waals surface area (Å²) in [6, 6.07) is 11.2. The van der Waals surface area contributed by atoms with Crippen LogP contribution in [0.25, 0.3) is 11.0 Å². The van der Waals surface area contributed by atoms with Gasteiger partial charge in [0.2, 0.25) is 10.0 Å². The van der Waals surface area contributed by atoms with Crippen molar-refractivity contribution in [2.45, 2.75) is 24.8 Å². The highest BCUT2D eigenvalue weighted by atomic mass is 32.2. The molecule has 28 heavy (non-hydrogen) atoms. The number of nitrogens with two attached hydrogens (primary N) is 1. The van der Waals surface area contributed by atoms with E-state index in [1.54, 1.807) is 36.5 Å². The summed E-state index contributed by atoms with van der Waals surface area (Å²) in [7, 11) is -3.73. The van der Waals surface area contributed by atoms with Crippen LogP contribution in [-0.2, 0) is 23.0 Å². The lowest BCUT2D eigenvalue weighted by Crippen LogP contribution is -2.34. The maximum absolute atomic E-state index is 12.6. The number of aryl methyl sites for hydroxylation is 1. The van der Waals surface area contributed by atoms with Crippen LogP contribution in [0, 0.1) is 0 Å². The minimum atomic E-state index is -3.73. The second kappa shape index (κ2) is 7.91. The number of sulfonamides is 1. The highest BCUT2D eigenvalue weighted by molar-refractivity contribution is 7.89. The van der Waals surface area contributed by atoms with E-state index in [1.165, 1.54) is 16.7 Å². The smallest absolute Gasteiger partial charge is 0.265 e. The molecule has 1 aromatic carbocycles. The molecule has 3 aromatic rings. The molecule has 146 valence electrons. The van der Waals surface area contributed by atoms with Gasteiger partial charge < -0.3 is 5.32 Å². The third-order valence-electron chi connectivity index (χ3n) is 4.36. The Kier molecular flexibility index (Phi) is 5.57. The van der Waals surface area contributed by atoms with Crippen molar-refractivity contribution in [1.82, 2.24) is 14.9 Å². The summed E-state index contributed by atoms with van der Waals surface area (Å²) >= 11 is 0. The van der Waals surface area contributed by atoms with Gasteiger partial charge >= 0.3 is 0 Å². The number of amides is 1. The first-order valence-corrected chi connectivity index (χ1v) is 10.2. The van der Waals surface area contributed by atoms with Crippen LogP contribution in [0.15, 0.2) is 58.4 Å². The van der Waals surface area contributed by atoms with Crippen LogP contribution in [0.4, 0.5) is 0 Å². The zero-order chi connectivity index (χ0) is 20.3. The third-order valence-corrected chi connectivity index (χ3v) is 5.29. The maximum atomic E-state index is 12.6. The Hall–Kier alpha value is -3.04. The minimum Gasteiger partial charge on any atom is -0.352 e. The molecule has 0 aliphatic rings. The number of nitrogens with one attached hydrogen (secondary N) is 1. The summed E-state index contributed by atoms with van der Waals surface area (Å²) in [5.41, 5.74) is 1.05. The van der Waals surface area contributed by atoms with Gasteiger partial charge in [0.15, 0.2) is 0 Å². The summed E-state index contributed by atoms with van der Waals surface area (Å²) in [5, 5.41) is 8.52. The number of aromatic nitrogens is 2. The van der Waals surface area contributed by atoms with Crippen LogP contribution >= 0.6 is 0 Å². The van der Waals surface area contributed by atoms with Crippen molar-refractivity contribution in [2.24, 2.45) is 5.14 Å². The van der Waals surface area contributed by atoms with Gasteiger partial charge in [-0.05, 0) is 49.2 Å². The number of primary sulfonamides is 1. The number of nitrogens with zero attached hydrogens (tertiary/aromatic N) is 2. The molecular weight excluding hydrogens is 380 g/mol. The van der Waals surface area contributed by atoms with Gasteiger partial charge in [-0.25, -0.2) is 18.5 Å². The lowest BCUT2D eigenvalue weighted by molar-refractivity contribution is 0.0952. The molecular formula is C19H20N4O4S. The van der Waals surface area contributed by atoms with Crippen molar-refractivity contribution < 1.29 is 13.2 Å². The molecule has 0 fully saturated rings. The van der Waals surface area contributed by atoms with Crippen LogP contribution in [0.5, 0.6) is 0 Å². The Labute approximate surface area is 162 Å². The van der Waals surface area contributed by atoms with Crippen molar-refractivity contribution in [3.63, 3.8) is 0 Å². The fourth-order valence-corrected chi connectivity index (χ4v) is 3.44.